The minimum atomic E-state index is 0.296. The number of nitriles is 2. The van der Waals surface area contributed by atoms with Crippen molar-refractivity contribution in [3.63, 3.8) is 0 Å². The van der Waals surface area contributed by atoms with E-state index in [4.69, 9.17) is 26.9 Å². The van der Waals surface area contributed by atoms with Gasteiger partial charge in [-0.25, -0.2) is 0 Å². The van der Waals surface area contributed by atoms with Crippen molar-refractivity contribution in [2.24, 2.45) is 0 Å². The smallest absolute Gasteiger partial charge is 0.229 e. The Kier molecular flexibility index (Phi) is 3.48. The van der Waals surface area contributed by atoms with Gasteiger partial charge in [0.15, 0.2) is 11.6 Å². The van der Waals surface area contributed by atoms with E-state index in [0.29, 0.717) is 27.6 Å². The molecule has 0 fully saturated rings. The Balaban J connectivity index is 2.31. The van der Waals surface area contributed by atoms with Crippen LogP contribution >= 0.6 is 0 Å². The molecule has 0 saturated heterocycles. The largest absolute Gasteiger partial charge is 0.457 e. The maximum absolute atomic E-state index is 8.91. The molecule has 0 aliphatic carbocycles. The molecule has 0 bridgehead atoms. The number of halogens is 1. The third kappa shape index (κ3) is 2.60. The molecule has 18 heavy (non-hydrogen) atoms. The lowest BCUT2D eigenvalue weighted by Gasteiger charge is -2.05. The quantitative estimate of drug-likeness (QED) is 0.829. The van der Waals surface area contributed by atoms with Crippen LogP contribution in [0, 0.1) is 34.3 Å². The Morgan fingerprint density at radius 3 is 2.28 bits per heavy atom. The summed E-state index contributed by atoms with van der Waals surface area (Å²) in [5.74, 6) is 1.11. The first-order chi connectivity index (χ1) is 8.72. The van der Waals surface area contributed by atoms with Gasteiger partial charge in [-0.05, 0) is 24.3 Å². The molecule has 4 heteroatoms. The van der Waals surface area contributed by atoms with Gasteiger partial charge in [-0.2, -0.15) is 10.5 Å². The molecule has 86 valence electrons. The van der Waals surface area contributed by atoms with Crippen LogP contribution in [0.3, 0.4) is 0 Å². The maximum atomic E-state index is 8.91. The van der Waals surface area contributed by atoms with Crippen LogP contribution in [-0.2, 0) is 0 Å². The van der Waals surface area contributed by atoms with Crippen LogP contribution in [0.1, 0.15) is 11.1 Å². The molecule has 0 spiro atoms. The average molecular weight is 256 g/mol. The number of rotatable bonds is 2. The topological polar surface area (TPSA) is 56.8 Å². The van der Waals surface area contributed by atoms with Crippen LogP contribution in [0.2, 0.25) is 5.02 Å². The molecule has 2 aromatic carbocycles. The fourth-order valence-corrected chi connectivity index (χ4v) is 1.65. The molecule has 0 atom stereocenters. The zero-order valence-electron chi connectivity index (χ0n) is 9.25. The molecule has 2 rings (SSSR count). The van der Waals surface area contributed by atoms with Gasteiger partial charge in [0.2, 0.25) is 5.02 Å². The first kappa shape index (κ1) is 12.0. The summed E-state index contributed by atoms with van der Waals surface area (Å²) in [6.07, 6.45) is 0. The molecule has 0 saturated carbocycles. The van der Waals surface area contributed by atoms with Crippen molar-refractivity contribution in [3.8, 4) is 23.6 Å². The van der Waals surface area contributed by atoms with Crippen molar-refractivity contribution in [2.45, 2.75) is 0 Å². The molecule has 0 N–H and O–H groups in total. The van der Waals surface area contributed by atoms with Crippen molar-refractivity contribution in [1.29, 1.82) is 10.5 Å². The van der Waals surface area contributed by atoms with Crippen LogP contribution in [0.5, 0.6) is 11.5 Å². The van der Waals surface area contributed by atoms with E-state index in [9.17, 15) is 0 Å². The molecule has 0 aliphatic rings. The van der Waals surface area contributed by atoms with Gasteiger partial charge in [0, 0.05) is 12.1 Å². The lowest BCUT2D eigenvalue weighted by Crippen LogP contribution is -1.88. The molecule has 0 radical (unpaired) electrons. The van der Waals surface area contributed by atoms with E-state index in [2.05, 4.69) is 0 Å². The van der Waals surface area contributed by atoms with Crippen LogP contribution in [0.25, 0.3) is 0 Å². The van der Waals surface area contributed by atoms with Crippen molar-refractivity contribution < 1.29 is 16.3 Å². The van der Waals surface area contributed by atoms with E-state index in [1.807, 2.05) is 12.1 Å². The van der Waals surface area contributed by atoms with Crippen molar-refractivity contribution >= 4 is 0 Å². The number of hydrogen-bond acceptors (Lipinski definition) is 3. The Bertz CT molecular complexity index is 668. The molecule has 0 amide bonds. The molecule has 0 heterocycles. The second kappa shape index (κ2) is 5.23. The molecular weight excluding hydrogens is 248 g/mol. The van der Waals surface area contributed by atoms with Gasteiger partial charge < -0.3 is 4.74 Å². The van der Waals surface area contributed by atoms with E-state index < -0.39 is 0 Å². The normalized spacial score (nSPS) is 9.28. The van der Waals surface area contributed by atoms with Crippen molar-refractivity contribution in [1.82, 2.24) is 0 Å². The van der Waals surface area contributed by atoms with Crippen LogP contribution in [0.4, 0.5) is 0 Å². The molecule has 0 aromatic heterocycles. The Hall–Kier alpha value is -2.49. The minimum absolute atomic E-state index is 0.296. The number of benzene rings is 2. The summed E-state index contributed by atoms with van der Waals surface area (Å²) < 4.78 is 5.57. The van der Waals surface area contributed by atoms with Gasteiger partial charge in [-0.1, -0.05) is 6.07 Å². The third-order valence-electron chi connectivity index (χ3n) is 2.27. The van der Waals surface area contributed by atoms with Gasteiger partial charge in [0.25, 0.3) is 0 Å². The Morgan fingerprint density at radius 1 is 0.889 bits per heavy atom. The molecule has 0 unspecified atom stereocenters. The second-order valence-electron chi connectivity index (χ2n) is 3.51. The monoisotopic (exact) mass is 255 g/mol. The van der Waals surface area contributed by atoms with Crippen LogP contribution in [-0.4, -0.2) is 0 Å². The highest BCUT2D eigenvalue weighted by Crippen LogP contribution is 2.24. The summed E-state index contributed by atoms with van der Waals surface area (Å²) in [6, 6.07) is 15.7. The summed E-state index contributed by atoms with van der Waals surface area (Å²) >= 11 is 5.03. The second-order valence-corrected chi connectivity index (χ2v) is 3.98. The van der Waals surface area contributed by atoms with Gasteiger partial charge in [-0.3, -0.25) is 0 Å². The fraction of sp³-hybridized carbons (Fsp3) is 0. The van der Waals surface area contributed by atoms with E-state index in [-0.39, 0.29) is 0 Å². The zero-order valence-corrected chi connectivity index (χ0v) is 10.1. The van der Waals surface area contributed by atoms with E-state index >= 15 is 0 Å². The van der Waals surface area contributed by atoms with Crippen LogP contribution < -0.4 is 4.74 Å². The van der Waals surface area contributed by atoms with Gasteiger partial charge >= 0.3 is 0 Å². The summed E-state index contributed by atoms with van der Waals surface area (Å²) in [5.41, 5.74) is 0.631. The summed E-state index contributed by atoms with van der Waals surface area (Å²) in [4.78, 5) is 0. The SMILES string of the molecule is N#Cc1ccc(Oc2cccc([ClH+])c2)cc1C#N. The Labute approximate surface area is 109 Å². The van der Waals surface area contributed by atoms with Crippen molar-refractivity contribution in [3.05, 3.63) is 58.6 Å². The molecule has 3 nitrogen and oxygen atoms in total. The number of nitrogens with zero attached hydrogens (tertiary/aromatic N) is 2. The fourth-order valence-electron chi connectivity index (χ4n) is 1.45. The number of hydrogen-bond donors (Lipinski definition) is 0. The van der Waals surface area contributed by atoms with Crippen LogP contribution in [0.15, 0.2) is 42.5 Å². The Morgan fingerprint density at radius 2 is 1.61 bits per heavy atom. The highest BCUT2D eigenvalue weighted by Gasteiger charge is 2.05. The zero-order chi connectivity index (χ0) is 13.0. The standard InChI is InChI=1S/C14H8ClN2O/c15-12-2-1-3-13(7-12)18-14-5-4-10(8-16)11(6-14)9-17/h1-7,15H/q+1. The van der Waals surface area contributed by atoms with Crippen molar-refractivity contribution in [2.75, 3.05) is 0 Å². The first-order valence-electron chi connectivity index (χ1n) is 5.12. The third-order valence-corrected chi connectivity index (χ3v) is 2.53. The van der Waals surface area contributed by atoms with Gasteiger partial charge in [0.1, 0.15) is 23.6 Å². The lowest BCUT2D eigenvalue weighted by atomic mass is 10.1. The first-order valence-corrected chi connectivity index (χ1v) is 5.53. The summed E-state index contributed by atoms with van der Waals surface area (Å²) in [6.45, 7) is 0. The maximum Gasteiger partial charge on any atom is 0.229 e. The molecular formula is C14H8ClN2O+. The van der Waals surface area contributed by atoms with E-state index in [1.165, 1.54) is 6.07 Å². The molecule has 0 aliphatic heterocycles. The van der Waals surface area contributed by atoms with Gasteiger partial charge in [0.05, 0.1) is 11.1 Å². The predicted molar refractivity (Wildman–Crippen MR) is 62.9 cm³/mol. The van der Waals surface area contributed by atoms with E-state index in [0.717, 1.165) is 0 Å². The van der Waals surface area contributed by atoms with E-state index in [1.54, 1.807) is 36.4 Å². The predicted octanol–water partition coefficient (Wildman–Crippen LogP) is 2.92. The summed E-state index contributed by atoms with van der Waals surface area (Å²) in [7, 11) is 0. The summed E-state index contributed by atoms with van der Waals surface area (Å²) in [5, 5.41) is 18.4. The number of ether oxygens (including phenoxy) is 1. The lowest BCUT2D eigenvalue weighted by molar-refractivity contribution is -0.289. The molecule has 2 aromatic rings. The highest BCUT2D eigenvalue weighted by molar-refractivity contribution is 5.50. The van der Waals surface area contributed by atoms with Gasteiger partial charge in [-0.15, -0.1) is 0 Å². The minimum Gasteiger partial charge on any atom is -0.457 e. The highest BCUT2D eigenvalue weighted by atomic mass is 35.5. The average Bonchev–Trinajstić information content (AvgIpc) is 2.38.